The second-order valence-corrected chi connectivity index (χ2v) is 3.15. The first kappa shape index (κ1) is 9.48. The average Bonchev–Trinajstić information content (AvgIpc) is 2.30. The van der Waals surface area contributed by atoms with Gasteiger partial charge in [-0.3, -0.25) is 4.79 Å². The Hall–Kier alpha value is -0.610. The van der Waals surface area contributed by atoms with E-state index in [9.17, 15) is 9.90 Å². The number of carbonyl (C=O) groups excluding carboxylic acids is 1. The van der Waals surface area contributed by atoms with Crippen molar-refractivity contribution >= 4 is 5.97 Å². The van der Waals surface area contributed by atoms with Crippen molar-refractivity contribution in [3.63, 3.8) is 0 Å². The first-order valence-corrected chi connectivity index (χ1v) is 4.18. The van der Waals surface area contributed by atoms with Crippen LogP contribution in [0.1, 0.15) is 6.92 Å². The third-order valence-electron chi connectivity index (χ3n) is 2.06. The van der Waals surface area contributed by atoms with Gasteiger partial charge >= 0.3 is 5.97 Å². The van der Waals surface area contributed by atoms with Crippen LogP contribution in [0.2, 0.25) is 0 Å². The summed E-state index contributed by atoms with van der Waals surface area (Å²) in [5.74, 6) is -0.635. The maximum atomic E-state index is 11.2. The lowest BCUT2D eigenvalue weighted by Crippen LogP contribution is -2.28. The van der Waals surface area contributed by atoms with Crippen LogP contribution in [0.3, 0.4) is 0 Å². The summed E-state index contributed by atoms with van der Waals surface area (Å²) >= 11 is 0. The Morgan fingerprint density at radius 1 is 1.67 bits per heavy atom. The number of likely N-dealkylation sites (N-methyl/N-ethyl adjacent to an activating group) is 1. The quantitative estimate of drug-likeness (QED) is 0.570. The molecule has 1 aliphatic heterocycles. The van der Waals surface area contributed by atoms with Crippen LogP contribution in [0.15, 0.2) is 0 Å². The highest BCUT2D eigenvalue weighted by molar-refractivity contribution is 5.73. The van der Waals surface area contributed by atoms with Crippen LogP contribution >= 0.6 is 0 Å². The van der Waals surface area contributed by atoms with E-state index in [4.69, 9.17) is 4.74 Å². The summed E-state index contributed by atoms with van der Waals surface area (Å²) in [5.41, 5.74) is 0. The molecule has 0 radical (unpaired) electrons. The van der Waals surface area contributed by atoms with E-state index < -0.39 is 6.10 Å². The molecular formula is C8H15NO3. The predicted octanol–water partition coefficient (Wildman–Crippen LogP) is -0.528. The molecule has 1 aliphatic rings. The number of aliphatic hydroxyl groups is 1. The van der Waals surface area contributed by atoms with Gasteiger partial charge in [0.05, 0.1) is 18.6 Å². The van der Waals surface area contributed by atoms with Gasteiger partial charge in [-0.05, 0) is 14.0 Å². The normalized spacial score (nSPS) is 30.6. The summed E-state index contributed by atoms with van der Waals surface area (Å²) in [6.07, 6.45) is -0.561. The average molecular weight is 173 g/mol. The van der Waals surface area contributed by atoms with Crippen LogP contribution in [0.4, 0.5) is 0 Å². The van der Waals surface area contributed by atoms with Gasteiger partial charge in [-0.25, -0.2) is 0 Å². The third-order valence-corrected chi connectivity index (χ3v) is 2.06. The van der Waals surface area contributed by atoms with Crippen molar-refractivity contribution in [3.8, 4) is 0 Å². The van der Waals surface area contributed by atoms with Crippen LogP contribution in [0, 0.1) is 5.92 Å². The van der Waals surface area contributed by atoms with Gasteiger partial charge in [0.15, 0.2) is 0 Å². The van der Waals surface area contributed by atoms with Gasteiger partial charge in [0.1, 0.15) is 0 Å². The Labute approximate surface area is 72.1 Å². The zero-order chi connectivity index (χ0) is 9.14. The molecule has 1 heterocycles. The van der Waals surface area contributed by atoms with E-state index in [1.165, 1.54) is 0 Å². The van der Waals surface area contributed by atoms with Crippen molar-refractivity contribution in [3.05, 3.63) is 0 Å². The number of nitrogens with zero attached hydrogens (tertiary/aromatic N) is 1. The van der Waals surface area contributed by atoms with Crippen LogP contribution < -0.4 is 0 Å². The monoisotopic (exact) mass is 173 g/mol. The van der Waals surface area contributed by atoms with E-state index in [1.807, 2.05) is 11.9 Å². The fourth-order valence-corrected chi connectivity index (χ4v) is 1.46. The molecule has 1 saturated heterocycles. The van der Waals surface area contributed by atoms with Gasteiger partial charge < -0.3 is 14.7 Å². The number of rotatable bonds is 2. The molecule has 0 aromatic carbocycles. The minimum Gasteiger partial charge on any atom is -0.466 e. The SMILES string of the molecule is CCOC(=O)C1CN(C)CC1O. The smallest absolute Gasteiger partial charge is 0.312 e. The Kier molecular flexibility index (Phi) is 3.05. The topological polar surface area (TPSA) is 49.8 Å². The Morgan fingerprint density at radius 2 is 2.33 bits per heavy atom. The molecule has 12 heavy (non-hydrogen) atoms. The van der Waals surface area contributed by atoms with E-state index in [1.54, 1.807) is 6.92 Å². The largest absolute Gasteiger partial charge is 0.466 e. The van der Waals surface area contributed by atoms with E-state index in [2.05, 4.69) is 0 Å². The van der Waals surface area contributed by atoms with Gasteiger partial charge in [0.2, 0.25) is 0 Å². The van der Waals surface area contributed by atoms with Crippen LogP contribution in [-0.4, -0.2) is 48.8 Å². The molecule has 0 aromatic heterocycles. The number of likely N-dealkylation sites (tertiary alicyclic amines) is 1. The highest BCUT2D eigenvalue weighted by Gasteiger charge is 2.35. The zero-order valence-corrected chi connectivity index (χ0v) is 7.49. The number of aliphatic hydroxyl groups excluding tert-OH is 1. The summed E-state index contributed by atoms with van der Waals surface area (Å²) in [7, 11) is 1.88. The van der Waals surface area contributed by atoms with Crippen molar-refractivity contribution in [2.24, 2.45) is 5.92 Å². The summed E-state index contributed by atoms with van der Waals surface area (Å²) in [6, 6.07) is 0. The standard InChI is InChI=1S/C8H15NO3/c1-3-12-8(11)6-4-9(2)5-7(6)10/h6-7,10H,3-5H2,1-2H3. The summed E-state index contributed by atoms with van der Waals surface area (Å²) in [6.45, 7) is 3.30. The molecule has 4 heteroatoms. The summed E-state index contributed by atoms with van der Waals surface area (Å²) in [4.78, 5) is 13.1. The van der Waals surface area contributed by atoms with E-state index in [0.717, 1.165) is 0 Å². The molecule has 70 valence electrons. The number of β-amino-alcohol motifs (C(OH)–C–C–N with tert-alkyl or cyclic N) is 1. The molecule has 0 saturated carbocycles. The van der Waals surface area contributed by atoms with Crippen molar-refractivity contribution in [1.29, 1.82) is 0 Å². The van der Waals surface area contributed by atoms with Crippen molar-refractivity contribution in [1.82, 2.24) is 4.90 Å². The van der Waals surface area contributed by atoms with Crippen molar-refractivity contribution < 1.29 is 14.6 Å². The summed E-state index contributed by atoms with van der Waals surface area (Å²) in [5, 5.41) is 9.41. The number of carbonyl (C=O) groups is 1. The lowest BCUT2D eigenvalue weighted by Gasteiger charge is -2.10. The van der Waals surface area contributed by atoms with Crippen molar-refractivity contribution in [2.45, 2.75) is 13.0 Å². The molecular weight excluding hydrogens is 158 g/mol. The first-order chi connectivity index (χ1) is 5.65. The van der Waals surface area contributed by atoms with Gasteiger partial charge in [-0.15, -0.1) is 0 Å². The fraction of sp³-hybridized carbons (Fsp3) is 0.875. The second-order valence-electron chi connectivity index (χ2n) is 3.15. The number of esters is 1. The lowest BCUT2D eigenvalue weighted by molar-refractivity contribution is -0.150. The Balaban J connectivity index is 2.46. The minimum absolute atomic E-state index is 0.283. The van der Waals surface area contributed by atoms with E-state index >= 15 is 0 Å². The van der Waals surface area contributed by atoms with E-state index in [0.29, 0.717) is 19.7 Å². The number of hydrogen-bond acceptors (Lipinski definition) is 4. The maximum absolute atomic E-state index is 11.2. The third kappa shape index (κ3) is 1.95. The van der Waals surface area contributed by atoms with Gasteiger partial charge in [-0.1, -0.05) is 0 Å². The molecule has 1 rings (SSSR count). The highest BCUT2D eigenvalue weighted by Crippen LogP contribution is 2.16. The zero-order valence-electron chi connectivity index (χ0n) is 7.49. The molecule has 0 aromatic rings. The second kappa shape index (κ2) is 3.87. The summed E-state index contributed by atoms with van der Waals surface area (Å²) < 4.78 is 4.82. The van der Waals surface area contributed by atoms with Crippen molar-refractivity contribution in [2.75, 3.05) is 26.7 Å². The van der Waals surface area contributed by atoms with E-state index in [-0.39, 0.29) is 11.9 Å². The van der Waals surface area contributed by atoms with Gasteiger partial charge in [-0.2, -0.15) is 0 Å². The van der Waals surface area contributed by atoms with Gasteiger partial charge in [0.25, 0.3) is 0 Å². The van der Waals surface area contributed by atoms with Gasteiger partial charge in [0, 0.05) is 13.1 Å². The predicted molar refractivity (Wildman–Crippen MR) is 43.6 cm³/mol. The van der Waals surface area contributed by atoms with Crippen LogP contribution in [-0.2, 0) is 9.53 Å². The van der Waals surface area contributed by atoms with Crippen LogP contribution in [0.5, 0.6) is 0 Å². The maximum Gasteiger partial charge on any atom is 0.312 e. The molecule has 1 N–H and O–H groups in total. The molecule has 1 fully saturated rings. The number of ether oxygens (including phenoxy) is 1. The number of hydrogen-bond donors (Lipinski definition) is 1. The molecule has 0 bridgehead atoms. The fourth-order valence-electron chi connectivity index (χ4n) is 1.46. The molecule has 2 atom stereocenters. The molecule has 0 aliphatic carbocycles. The molecule has 0 spiro atoms. The molecule has 2 unspecified atom stereocenters. The minimum atomic E-state index is -0.561. The highest BCUT2D eigenvalue weighted by atomic mass is 16.5. The first-order valence-electron chi connectivity index (χ1n) is 4.18. The Bertz CT molecular complexity index is 172. The Morgan fingerprint density at radius 3 is 2.75 bits per heavy atom. The molecule has 0 amide bonds. The molecule has 4 nitrogen and oxygen atoms in total. The lowest BCUT2D eigenvalue weighted by atomic mass is 10.1. The van der Waals surface area contributed by atoms with Crippen LogP contribution in [0.25, 0.3) is 0 Å².